The van der Waals surface area contributed by atoms with E-state index in [2.05, 4.69) is 15.1 Å². The predicted octanol–water partition coefficient (Wildman–Crippen LogP) is 0.0539. The smallest absolute Gasteiger partial charge is 0.115 e. The number of aromatic nitrogens is 4. The van der Waals surface area contributed by atoms with Gasteiger partial charge >= 0.3 is 0 Å². The van der Waals surface area contributed by atoms with Crippen LogP contribution >= 0.6 is 0 Å². The normalized spacial score (nSPS) is 10.0. The Morgan fingerprint density at radius 2 is 2.00 bits per heavy atom. The van der Waals surface area contributed by atoms with Crippen molar-refractivity contribution in [3.8, 4) is 11.3 Å². The summed E-state index contributed by atoms with van der Waals surface area (Å²) < 4.78 is 0. The van der Waals surface area contributed by atoms with Crippen molar-refractivity contribution >= 4 is 0 Å². The highest BCUT2D eigenvalue weighted by Crippen LogP contribution is 2.12. The lowest BCUT2D eigenvalue weighted by Crippen LogP contribution is -2.07. The molecule has 2 aromatic heterocycles. The molecule has 0 unspecified atom stereocenters. The van der Waals surface area contributed by atoms with E-state index in [1.807, 2.05) is 0 Å². The van der Waals surface area contributed by atoms with E-state index in [1.54, 1.807) is 24.7 Å². The largest absolute Gasteiger partial charge is 0.323 e. The van der Waals surface area contributed by atoms with Crippen LogP contribution in [0.3, 0.4) is 0 Å². The van der Waals surface area contributed by atoms with Gasteiger partial charge in [0.1, 0.15) is 6.33 Å². The third-order valence-corrected chi connectivity index (χ3v) is 1.46. The minimum absolute atomic E-state index is 0.776. The van der Waals surface area contributed by atoms with Crippen LogP contribution in [0.5, 0.6) is 0 Å². The Hall–Kier alpha value is -1.91. The summed E-state index contributed by atoms with van der Waals surface area (Å²) in [5, 5.41) is 4.00. The molecule has 12 heavy (non-hydrogen) atoms. The topological polar surface area (TPSA) is 69.6 Å². The van der Waals surface area contributed by atoms with E-state index in [1.165, 1.54) is 11.1 Å². The highest BCUT2D eigenvalue weighted by Gasteiger charge is 1.99. The molecule has 0 bridgehead atoms. The molecular formula is C7H7N5. The first-order valence-electron chi connectivity index (χ1n) is 3.42. The van der Waals surface area contributed by atoms with Crippen molar-refractivity contribution in [1.82, 2.24) is 19.9 Å². The molecule has 5 nitrogen and oxygen atoms in total. The molecule has 0 fully saturated rings. The van der Waals surface area contributed by atoms with Gasteiger partial charge in [0.05, 0.1) is 5.69 Å². The van der Waals surface area contributed by atoms with Crippen LogP contribution in [0.4, 0.5) is 0 Å². The van der Waals surface area contributed by atoms with Gasteiger partial charge in [0, 0.05) is 24.2 Å². The SMILES string of the molecule is Nn1ccc(-c2cncnc2)n1. The summed E-state index contributed by atoms with van der Waals surface area (Å²) in [6.07, 6.45) is 6.52. The summed E-state index contributed by atoms with van der Waals surface area (Å²) in [7, 11) is 0. The second-order valence-electron chi connectivity index (χ2n) is 2.31. The van der Waals surface area contributed by atoms with Gasteiger partial charge in [0.2, 0.25) is 0 Å². The molecule has 2 heterocycles. The van der Waals surface area contributed by atoms with Crippen LogP contribution in [-0.2, 0) is 0 Å². The minimum Gasteiger partial charge on any atom is -0.323 e. The fraction of sp³-hybridized carbons (Fsp3) is 0. The van der Waals surface area contributed by atoms with Crippen molar-refractivity contribution in [2.45, 2.75) is 0 Å². The molecule has 2 aromatic rings. The average molecular weight is 161 g/mol. The highest BCUT2D eigenvalue weighted by atomic mass is 15.5. The zero-order valence-corrected chi connectivity index (χ0v) is 6.25. The lowest BCUT2D eigenvalue weighted by molar-refractivity contribution is 0.835. The van der Waals surface area contributed by atoms with E-state index < -0.39 is 0 Å². The Morgan fingerprint density at radius 3 is 2.58 bits per heavy atom. The maximum atomic E-state index is 5.38. The first-order valence-corrected chi connectivity index (χ1v) is 3.42. The molecule has 0 radical (unpaired) electrons. The van der Waals surface area contributed by atoms with Gasteiger partial charge in [-0.3, -0.25) is 0 Å². The van der Waals surface area contributed by atoms with Gasteiger partial charge in [0.15, 0.2) is 0 Å². The molecule has 0 aliphatic carbocycles. The van der Waals surface area contributed by atoms with E-state index in [-0.39, 0.29) is 0 Å². The number of rotatable bonds is 1. The molecule has 0 saturated carbocycles. The third kappa shape index (κ3) is 1.12. The van der Waals surface area contributed by atoms with E-state index in [9.17, 15) is 0 Å². The standard InChI is InChI=1S/C7H7N5/c8-12-2-1-7(11-12)6-3-9-5-10-4-6/h1-5H,8H2. The van der Waals surface area contributed by atoms with E-state index >= 15 is 0 Å². The molecule has 0 saturated heterocycles. The maximum Gasteiger partial charge on any atom is 0.115 e. The number of hydrogen-bond donors (Lipinski definition) is 1. The van der Waals surface area contributed by atoms with E-state index in [0.717, 1.165) is 11.3 Å². The van der Waals surface area contributed by atoms with E-state index in [4.69, 9.17) is 5.84 Å². The lowest BCUT2D eigenvalue weighted by atomic mass is 10.2. The third-order valence-electron chi connectivity index (χ3n) is 1.46. The fourth-order valence-electron chi connectivity index (χ4n) is 0.923. The quantitative estimate of drug-likeness (QED) is 0.600. The first kappa shape index (κ1) is 6.78. The van der Waals surface area contributed by atoms with Crippen LogP contribution in [-0.4, -0.2) is 19.9 Å². The number of nitrogen functional groups attached to an aromatic ring is 1. The Morgan fingerprint density at radius 1 is 1.25 bits per heavy atom. The van der Waals surface area contributed by atoms with Crippen LogP contribution in [0.1, 0.15) is 0 Å². The van der Waals surface area contributed by atoms with Gasteiger partial charge in [-0.15, -0.1) is 0 Å². The molecule has 0 aliphatic rings. The molecule has 2 N–H and O–H groups in total. The second-order valence-corrected chi connectivity index (χ2v) is 2.31. The molecule has 60 valence electrons. The van der Waals surface area contributed by atoms with Crippen LogP contribution in [0.15, 0.2) is 31.0 Å². The summed E-state index contributed by atoms with van der Waals surface area (Å²) >= 11 is 0. The number of hydrogen-bond acceptors (Lipinski definition) is 4. The Balaban J connectivity index is 2.45. The van der Waals surface area contributed by atoms with Gasteiger partial charge < -0.3 is 5.84 Å². The molecule has 2 rings (SSSR count). The zero-order valence-electron chi connectivity index (χ0n) is 6.25. The Kier molecular flexibility index (Phi) is 1.48. The summed E-state index contributed by atoms with van der Waals surface area (Å²) in [5.41, 5.74) is 1.64. The molecular weight excluding hydrogens is 154 g/mol. The monoisotopic (exact) mass is 161 g/mol. The molecule has 0 atom stereocenters. The molecule has 0 amide bonds. The molecule has 0 aromatic carbocycles. The van der Waals surface area contributed by atoms with Gasteiger partial charge in [-0.05, 0) is 6.07 Å². The van der Waals surface area contributed by atoms with Crippen molar-refractivity contribution in [3.05, 3.63) is 31.0 Å². The van der Waals surface area contributed by atoms with Gasteiger partial charge in [-0.25, -0.2) is 9.97 Å². The molecule has 5 heteroatoms. The van der Waals surface area contributed by atoms with Crippen molar-refractivity contribution in [2.75, 3.05) is 5.84 Å². The summed E-state index contributed by atoms with van der Waals surface area (Å²) in [5.74, 6) is 5.38. The van der Waals surface area contributed by atoms with Crippen molar-refractivity contribution in [1.29, 1.82) is 0 Å². The first-order chi connectivity index (χ1) is 5.86. The molecule has 0 aliphatic heterocycles. The molecule has 0 spiro atoms. The second kappa shape index (κ2) is 2.61. The van der Waals surface area contributed by atoms with Gasteiger partial charge in [-0.2, -0.15) is 9.89 Å². The van der Waals surface area contributed by atoms with Crippen molar-refractivity contribution in [2.24, 2.45) is 0 Å². The number of nitrogens with two attached hydrogens (primary N) is 1. The summed E-state index contributed by atoms with van der Waals surface area (Å²) in [6, 6.07) is 1.80. The van der Waals surface area contributed by atoms with Gasteiger partial charge in [0.25, 0.3) is 0 Å². The average Bonchev–Trinajstić information content (AvgIpc) is 2.54. The zero-order chi connectivity index (χ0) is 8.39. The maximum absolute atomic E-state index is 5.38. The lowest BCUT2D eigenvalue weighted by Gasteiger charge is -1.91. The Bertz CT molecular complexity index is 366. The predicted molar refractivity (Wildman–Crippen MR) is 43.4 cm³/mol. The van der Waals surface area contributed by atoms with E-state index in [0.29, 0.717) is 0 Å². The minimum atomic E-state index is 0.776. The van der Waals surface area contributed by atoms with Crippen LogP contribution in [0.2, 0.25) is 0 Å². The van der Waals surface area contributed by atoms with Crippen molar-refractivity contribution in [3.63, 3.8) is 0 Å². The van der Waals surface area contributed by atoms with Crippen LogP contribution in [0.25, 0.3) is 11.3 Å². The van der Waals surface area contributed by atoms with Crippen molar-refractivity contribution < 1.29 is 0 Å². The van der Waals surface area contributed by atoms with Crippen LogP contribution in [0, 0.1) is 0 Å². The van der Waals surface area contributed by atoms with Crippen LogP contribution < -0.4 is 5.84 Å². The van der Waals surface area contributed by atoms with Gasteiger partial charge in [-0.1, -0.05) is 0 Å². The Labute approximate surface area is 68.8 Å². The highest BCUT2D eigenvalue weighted by molar-refractivity contribution is 5.55. The fourth-order valence-corrected chi connectivity index (χ4v) is 0.923. The number of nitrogens with zero attached hydrogens (tertiary/aromatic N) is 4. The summed E-state index contributed by atoms with van der Waals surface area (Å²) in [6.45, 7) is 0. The summed E-state index contributed by atoms with van der Waals surface area (Å²) in [4.78, 5) is 8.99.